The predicted octanol–water partition coefficient (Wildman–Crippen LogP) is 4.58. The molecule has 4 aromatic rings. The molecule has 7 heteroatoms. The van der Waals surface area contributed by atoms with Crippen molar-refractivity contribution in [2.45, 2.75) is 6.61 Å². The van der Waals surface area contributed by atoms with Gasteiger partial charge in [0.15, 0.2) is 0 Å². The summed E-state index contributed by atoms with van der Waals surface area (Å²) in [5.74, 6) is 1.69. The molecular formula is C25H23N3O4. The van der Waals surface area contributed by atoms with E-state index in [0.717, 1.165) is 16.9 Å². The molecule has 2 aromatic heterocycles. The fourth-order valence-corrected chi connectivity index (χ4v) is 3.16. The summed E-state index contributed by atoms with van der Waals surface area (Å²) in [5, 5.41) is 2.84. The number of nitrogens with one attached hydrogen (secondary N) is 1. The van der Waals surface area contributed by atoms with E-state index in [1.165, 1.54) is 6.08 Å². The van der Waals surface area contributed by atoms with Gasteiger partial charge in [-0.1, -0.05) is 12.1 Å². The maximum absolute atomic E-state index is 12.4. The molecule has 2 aromatic carbocycles. The van der Waals surface area contributed by atoms with Crippen LogP contribution in [0.15, 0.2) is 79.1 Å². The number of hydrogen-bond donors (Lipinski definition) is 1. The van der Waals surface area contributed by atoms with E-state index in [2.05, 4.69) is 10.3 Å². The highest BCUT2D eigenvalue weighted by Gasteiger charge is 2.05. The van der Waals surface area contributed by atoms with Gasteiger partial charge in [0, 0.05) is 36.3 Å². The molecule has 162 valence electrons. The van der Waals surface area contributed by atoms with E-state index in [9.17, 15) is 4.79 Å². The van der Waals surface area contributed by atoms with Crippen LogP contribution in [-0.4, -0.2) is 29.5 Å². The van der Waals surface area contributed by atoms with Crippen LogP contribution < -0.4 is 19.5 Å². The molecule has 0 atom stereocenters. The number of benzene rings is 2. The molecule has 0 aliphatic rings. The van der Waals surface area contributed by atoms with E-state index in [1.54, 1.807) is 38.5 Å². The largest absolute Gasteiger partial charge is 0.497 e. The van der Waals surface area contributed by atoms with E-state index < -0.39 is 0 Å². The van der Waals surface area contributed by atoms with E-state index in [4.69, 9.17) is 14.2 Å². The Labute approximate surface area is 185 Å². The Balaban J connectivity index is 1.37. The number of nitrogens with zero attached hydrogens (tertiary/aromatic N) is 2. The number of ether oxygens (including phenoxy) is 3. The zero-order chi connectivity index (χ0) is 22.3. The Morgan fingerprint density at radius 3 is 2.56 bits per heavy atom. The first-order chi connectivity index (χ1) is 15.6. The zero-order valence-electron chi connectivity index (χ0n) is 17.8. The van der Waals surface area contributed by atoms with Gasteiger partial charge in [-0.25, -0.2) is 4.98 Å². The minimum atomic E-state index is -0.260. The van der Waals surface area contributed by atoms with Crippen LogP contribution in [0, 0.1) is 0 Å². The van der Waals surface area contributed by atoms with Gasteiger partial charge in [-0.05, 0) is 48.0 Å². The van der Waals surface area contributed by atoms with Crippen LogP contribution >= 0.6 is 0 Å². The van der Waals surface area contributed by atoms with Crippen molar-refractivity contribution in [1.82, 2.24) is 9.38 Å². The summed E-state index contributed by atoms with van der Waals surface area (Å²) in [6.45, 7) is 0.330. The first-order valence-corrected chi connectivity index (χ1v) is 10.0. The summed E-state index contributed by atoms with van der Waals surface area (Å²) in [5.41, 5.74) is 3.12. The molecule has 0 aliphatic heterocycles. The van der Waals surface area contributed by atoms with Crippen molar-refractivity contribution in [2.75, 3.05) is 19.5 Å². The van der Waals surface area contributed by atoms with Crippen molar-refractivity contribution in [1.29, 1.82) is 0 Å². The lowest BCUT2D eigenvalue weighted by Crippen LogP contribution is -2.07. The third kappa shape index (κ3) is 5.26. The average Bonchev–Trinajstić information content (AvgIpc) is 3.24. The van der Waals surface area contributed by atoms with Crippen molar-refractivity contribution in [3.63, 3.8) is 0 Å². The highest BCUT2D eigenvalue weighted by atomic mass is 16.5. The van der Waals surface area contributed by atoms with Crippen LogP contribution in [0.5, 0.6) is 17.2 Å². The van der Waals surface area contributed by atoms with Crippen LogP contribution in [0.25, 0.3) is 11.7 Å². The molecule has 7 nitrogen and oxygen atoms in total. The van der Waals surface area contributed by atoms with Gasteiger partial charge >= 0.3 is 0 Å². The van der Waals surface area contributed by atoms with Gasteiger partial charge in [0.2, 0.25) is 5.91 Å². The molecule has 0 spiro atoms. The summed E-state index contributed by atoms with van der Waals surface area (Å²) in [4.78, 5) is 16.9. The number of carbonyl (C=O) groups excluding carboxylic acids is 1. The Hall–Kier alpha value is -4.26. The van der Waals surface area contributed by atoms with Crippen molar-refractivity contribution in [3.8, 4) is 17.2 Å². The number of fused-ring (bicyclic) bond motifs is 1. The summed E-state index contributed by atoms with van der Waals surface area (Å²) in [7, 11) is 3.16. The van der Waals surface area contributed by atoms with Gasteiger partial charge in [0.25, 0.3) is 0 Å². The van der Waals surface area contributed by atoms with Gasteiger partial charge in [-0.2, -0.15) is 0 Å². The number of aromatic nitrogens is 2. The smallest absolute Gasteiger partial charge is 0.248 e. The van der Waals surface area contributed by atoms with E-state index in [1.807, 2.05) is 59.3 Å². The van der Waals surface area contributed by atoms with Gasteiger partial charge in [0.1, 0.15) is 29.5 Å². The molecule has 0 aliphatic carbocycles. The van der Waals surface area contributed by atoms with E-state index >= 15 is 0 Å². The molecule has 0 radical (unpaired) electrons. The molecule has 1 N–H and O–H groups in total. The zero-order valence-corrected chi connectivity index (χ0v) is 17.8. The molecule has 1 amide bonds. The molecule has 4 rings (SSSR count). The van der Waals surface area contributed by atoms with E-state index in [0.29, 0.717) is 29.5 Å². The van der Waals surface area contributed by atoms with Crippen molar-refractivity contribution in [2.24, 2.45) is 0 Å². The first-order valence-electron chi connectivity index (χ1n) is 10.0. The number of pyridine rings is 1. The van der Waals surface area contributed by atoms with Gasteiger partial charge < -0.3 is 23.9 Å². The van der Waals surface area contributed by atoms with Gasteiger partial charge in [-0.15, -0.1) is 0 Å². The van der Waals surface area contributed by atoms with E-state index in [-0.39, 0.29) is 5.91 Å². The minimum absolute atomic E-state index is 0.260. The molecule has 32 heavy (non-hydrogen) atoms. The quantitative estimate of drug-likeness (QED) is 0.415. The summed E-state index contributed by atoms with van der Waals surface area (Å²) < 4.78 is 18.3. The lowest BCUT2D eigenvalue weighted by Gasteiger charge is -2.08. The molecule has 0 unspecified atom stereocenters. The Morgan fingerprint density at radius 1 is 1.00 bits per heavy atom. The monoisotopic (exact) mass is 429 g/mol. The second-order valence-electron chi connectivity index (χ2n) is 6.98. The number of hydrogen-bond acceptors (Lipinski definition) is 5. The van der Waals surface area contributed by atoms with Crippen LogP contribution in [0.4, 0.5) is 5.69 Å². The number of imidazole rings is 1. The van der Waals surface area contributed by atoms with Crippen LogP contribution in [0.2, 0.25) is 0 Å². The fraction of sp³-hybridized carbons (Fsp3) is 0.120. The lowest BCUT2D eigenvalue weighted by atomic mass is 10.2. The Morgan fingerprint density at radius 2 is 1.81 bits per heavy atom. The topological polar surface area (TPSA) is 74.1 Å². The first kappa shape index (κ1) is 21.0. The predicted molar refractivity (Wildman–Crippen MR) is 123 cm³/mol. The molecule has 2 heterocycles. The molecule has 0 fully saturated rings. The summed E-state index contributed by atoms with van der Waals surface area (Å²) in [6.07, 6.45) is 7.03. The molecule has 0 saturated heterocycles. The van der Waals surface area contributed by atoms with Crippen LogP contribution in [0.1, 0.15) is 11.3 Å². The van der Waals surface area contributed by atoms with Crippen LogP contribution in [0.3, 0.4) is 0 Å². The SMILES string of the molecule is COc1cc(C=CC(=O)Nc2cccc(OCc3cn4ccccc4n3)c2)cc(OC)c1. The third-order valence-corrected chi connectivity index (χ3v) is 4.70. The highest BCUT2D eigenvalue weighted by molar-refractivity contribution is 6.02. The van der Waals surface area contributed by atoms with Crippen molar-refractivity contribution < 1.29 is 19.0 Å². The summed E-state index contributed by atoms with van der Waals surface area (Å²) in [6, 6.07) is 18.5. The minimum Gasteiger partial charge on any atom is -0.497 e. The second-order valence-corrected chi connectivity index (χ2v) is 6.98. The average molecular weight is 429 g/mol. The molecular weight excluding hydrogens is 406 g/mol. The standard InChI is InChI=1S/C25H23N3O4/c1-30-22-12-18(13-23(15-22)31-2)9-10-25(29)27-19-6-5-7-21(14-19)32-17-20-16-28-11-4-3-8-24(28)26-20/h3-16H,17H2,1-2H3,(H,27,29). The number of carbonyl (C=O) groups is 1. The maximum Gasteiger partial charge on any atom is 0.248 e. The third-order valence-electron chi connectivity index (χ3n) is 4.70. The Bertz CT molecular complexity index is 1210. The second kappa shape index (κ2) is 9.70. The van der Waals surface area contributed by atoms with Crippen molar-refractivity contribution >= 4 is 23.3 Å². The fourth-order valence-electron chi connectivity index (χ4n) is 3.16. The van der Waals surface area contributed by atoms with Crippen molar-refractivity contribution in [3.05, 3.63) is 90.4 Å². The van der Waals surface area contributed by atoms with Gasteiger partial charge in [0.05, 0.1) is 19.9 Å². The van der Waals surface area contributed by atoms with Crippen LogP contribution in [-0.2, 0) is 11.4 Å². The summed E-state index contributed by atoms with van der Waals surface area (Å²) >= 11 is 0. The molecule has 0 bridgehead atoms. The van der Waals surface area contributed by atoms with Gasteiger partial charge in [-0.3, -0.25) is 4.79 Å². The Kier molecular flexibility index (Phi) is 6.36. The normalized spacial score (nSPS) is 10.9. The lowest BCUT2D eigenvalue weighted by molar-refractivity contribution is -0.111. The highest BCUT2D eigenvalue weighted by Crippen LogP contribution is 2.23. The number of rotatable bonds is 8. The number of methoxy groups -OCH3 is 2. The number of amides is 1. The molecule has 0 saturated carbocycles. The number of anilines is 1. The maximum atomic E-state index is 12.4.